The van der Waals surface area contributed by atoms with Crippen LogP contribution in [0.5, 0.6) is 11.6 Å². The number of carbonyl (C=O) groups excluding carboxylic acids is 1. The van der Waals surface area contributed by atoms with Crippen LogP contribution in [0.15, 0.2) is 66.9 Å². The van der Waals surface area contributed by atoms with Crippen LogP contribution in [-0.2, 0) is 21.1 Å². The lowest BCUT2D eigenvalue weighted by Gasteiger charge is -2.36. The number of aromatic nitrogens is 1. The quantitative estimate of drug-likeness (QED) is 0.495. The van der Waals surface area contributed by atoms with Crippen molar-refractivity contribution in [2.45, 2.75) is 24.4 Å². The molecule has 0 radical (unpaired) electrons. The van der Waals surface area contributed by atoms with E-state index in [1.165, 1.54) is 48.7 Å². The van der Waals surface area contributed by atoms with Crippen LogP contribution in [0.2, 0.25) is 0 Å². The number of hydrogen-bond donors (Lipinski definition) is 1. The third-order valence-corrected chi connectivity index (χ3v) is 5.55. The molecule has 1 aromatic heterocycles. The molecule has 1 fully saturated rings. The minimum atomic E-state index is -4.51. The molecule has 1 aliphatic rings. The molecule has 1 aliphatic heterocycles. The second-order valence-electron chi connectivity index (χ2n) is 7.67. The predicted octanol–water partition coefficient (Wildman–Crippen LogP) is 5.72. The molecule has 3 aromatic rings. The lowest BCUT2D eigenvalue weighted by atomic mass is 9.73. The van der Waals surface area contributed by atoms with Gasteiger partial charge in [-0.3, -0.25) is 4.79 Å². The lowest BCUT2D eigenvalue weighted by Crippen LogP contribution is -2.45. The number of pyridine rings is 1. The average Bonchev–Trinajstić information content (AvgIpc) is 2.82. The number of nitrogens with zero attached hydrogens (tertiary/aromatic N) is 1. The van der Waals surface area contributed by atoms with Gasteiger partial charge in [0.05, 0.1) is 22.9 Å². The summed E-state index contributed by atoms with van der Waals surface area (Å²) in [5, 5.41) is 2.76. The summed E-state index contributed by atoms with van der Waals surface area (Å²) < 4.78 is 63.7. The van der Waals surface area contributed by atoms with Gasteiger partial charge >= 0.3 is 6.18 Å². The summed E-state index contributed by atoms with van der Waals surface area (Å²) in [4.78, 5) is 17.4. The van der Waals surface area contributed by atoms with Gasteiger partial charge in [-0.25, -0.2) is 9.37 Å². The number of anilines is 1. The first-order valence-electron chi connectivity index (χ1n) is 10.2. The molecule has 2 heterocycles. The van der Waals surface area contributed by atoms with Crippen molar-refractivity contribution < 1.29 is 31.8 Å². The largest absolute Gasteiger partial charge is 0.439 e. The van der Waals surface area contributed by atoms with Gasteiger partial charge in [0.1, 0.15) is 11.6 Å². The van der Waals surface area contributed by atoms with Crippen LogP contribution in [0.1, 0.15) is 24.0 Å². The van der Waals surface area contributed by atoms with Gasteiger partial charge in [-0.2, -0.15) is 13.2 Å². The van der Waals surface area contributed by atoms with Crippen LogP contribution in [0.3, 0.4) is 0 Å². The second kappa shape index (κ2) is 9.19. The van der Waals surface area contributed by atoms with E-state index in [1.807, 2.05) is 0 Å². The van der Waals surface area contributed by atoms with Crippen LogP contribution in [0, 0.1) is 5.82 Å². The van der Waals surface area contributed by atoms with Crippen LogP contribution in [0.4, 0.5) is 23.2 Å². The normalized spacial score (nSPS) is 15.6. The van der Waals surface area contributed by atoms with E-state index in [1.54, 1.807) is 6.07 Å². The highest BCUT2D eigenvalue weighted by molar-refractivity contribution is 5.99. The van der Waals surface area contributed by atoms with E-state index < -0.39 is 28.9 Å². The van der Waals surface area contributed by atoms with E-state index in [4.69, 9.17) is 9.47 Å². The minimum absolute atomic E-state index is 0.235. The zero-order valence-corrected chi connectivity index (χ0v) is 17.4. The van der Waals surface area contributed by atoms with Crippen LogP contribution in [-0.4, -0.2) is 24.1 Å². The molecule has 2 aromatic carbocycles. The maximum Gasteiger partial charge on any atom is 0.416 e. The first kappa shape index (κ1) is 22.7. The van der Waals surface area contributed by atoms with Crippen molar-refractivity contribution in [1.29, 1.82) is 0 Å². The molecule has 33 heavy (non-hydrogen) atoms. The van der Waals surface area contributed by atoms with Crippen LogP contribution < -0.4 is 10.1 Å². The topological polar surface area (TPSA) is 60.5 Å². The van der Waals surface area contributed by atoms with Gasteiger partial charge < -0.3 is 14.8 Å². The Morgan fingerprint density at radius 3 is 2.39 bits per heavy atom. The Balaban J connectivity index is 1.54. The summed E-state index contributed by atoms with van der Waals surface area (Å²) in [5.41, 5.74) is -1.31. The molecular weight excluding hydrogens is 440 g/mol. The van der Waals surface area contributed by atoms with E-state index in [2.05, 4.69) is 10.3 Å². The number of benzene rings is 2. The van der Waals surface area contributed by atoms with Gasteiger partial charge in [-0.05, 0) is 54.8 Å². The van der Waals surface area contributed by atoms with Gasteiger partial charge in [0.15, 0.2) is 0 Å². The number of alkyl halides is 3. The van der Waals surface area contributed by atoms with Gasteiger partial charge in [-0.1, -0.05) is 18.2 Å². The summed E-state index contributed by atoms with van der Waals surface area (Å²) in [5.74, 6) is -0.194. The molecule has 0 bridgehead atoms. The standard InChI is InChI=1S/C24H20F4N2O3/c25-18-4-7-20(8-5-18)33-21-9-6-19(15-29-21)30-22(31)23(10-12-32-13-11-23)16-2-1-3-17(14-16)24(26,27)28/h1-9,14-15H,10-13H2,(H,30,31). The van der Waals surface area contributed by atoms with Crippen molar-refractivity contribution in [3.8, 4) is 11.6 Å². The molecular formula is C24H20F4N2O3. The Morgan fingerprint density at radius 1 is 1.03 bits per heavy atom. The van der Waals surface area contributed by atoms with Gasteiger partial charge in [0.2, 0.25) is 11.8 Å². The number of amides is 1. The maximum atomic E-state index is 13.3. The Bertz CT molecular complexity index is 1110. The zero-order valence-electron chi connectivity index (χ0n) is 17.4. The van der Waals surface area contributed by atoms with Crippen LogP contribution in [0.25, 0.3) is 0 Å². The molecule has 1 N–H and O–H groups in total. The van der Waals surface area contributed by atoms with E-state index in [0.717, 1.165) is 12.1 Å². The molecule has 172 valence electrons. The Hall–Kier alpha value is -3.46. The molecule has 4 rings (SSSR count). The maximum absolute atomic E-state index is 13.3. The number of rotatable bonds is 5. The second-order valence-corrected chi connectivity index (χ2v) is 7.67. The highest BCUT2D eigenvalue weighted by atomic mass is 19.4. The summed E-state index contributed by atoms with van der Waals surface area (Å²) in [6.07, 6.45) is -2.63. The Labute approximate surface area is 187 Å². The van der Waals surface area contributed by atoms with Crippen molar-refractivity contribution in [2.24, 2.45) is 0 Å². The van der Waals surface area contributed by atoms with Crippen LogP contribution >= 0.6 is 0 Å². The van der Waals surface area contributed by atoms with Crippen molar-refractivity contribution >= 4 is 11.6 Å². The fourth-order valence-electron chi connectivity index (χ4n) is 3.75. The first-order chi connectivity index (χ1) is 15.8. The summed E-state index contributed by atoms with van der Waals surface area (Å²) in [6, 6.07) is 13.4. The number of hydrogen-bond acceptors (Lipinski definition) is 4. The molecule has 5 nitrogen and oxygen atoms in total. The minimum Gasteiger partial charge on any atom is -0.439 e. The highest BCUT2D eigenvalue weighted by Crippen LogP contribution is 2.39. The van der Waals surface area contributed by atoms with E-state index in [9.17, 15) is 22.4 Å². The van der Waals surface area contributed by atoms with E-state index in [-0.39, 0.29) is 31.9 Å². The fourth-order valence-corrected chi connectivity index (χ4v) is 3.75. The predicted molar refractivity (Wildman–Crippen MR) is 113 cm³/mol. The van der Waals surface area contributed by atoms with E-state index >= 15 is 0 Å². The van der Waals surface area contributed by atoms with Crippen molar-refractivity contribution in [3.63, 3.8) is 0 Å². The third-order valence-electron chi connectivity index (χ3n) is 5.55. The first-order valence-corrected chi connectivity index (χ1v) is 10.2. The number of carbonyl (C=O) groups is 1. The number of ether oxygens (including phenoxy) is 2. The molecule has 1 amide bonds. The number of halogens is 4. The molecule has 0 atom stereocenters. The van der Waals surface area contributed by atoms with Gasteiger partial charge in [0, 0.05) is 19.3 Å². The van der Waals surface area contributed by atoms with Gasteiger partial charge in [-0.15, -0.1) is 0 Å². The molecule has 1 saturated heterocycles. The van der Waals surface area contributed by atoms with Crippen molar-refractivity contribution in [2.75, 3.05) is 18.5 Å². The third kappa shape index (κ3) is 5.14. The molecule has 0 aliphatic carbocycles. The summed E-state index contributed by atoms with van der Waals surface area (Å²) in [7, 11) is 0. The van der Waals surface area contributed by atoms with Crippen molar-refractivity contribution in [1.82, 2.24) is 4.98 Å². The summed E-state index contributed by atoms with van der Waals surface area (Å²) in [6.45, 7) is 0.513. The molecule has 9 heteroatoms. The zero-order chi connectivity index (χ0) is 23.5. The Kier molecular flexibility index (Phi) is 6.33. The fraction of sp³-hybridized carbons (Fsp3) is 0.250. The summed E-state index contributed by atoms with van der Waals surface area (Å²) >= 11 is 0. The molecule has 0 spiro atoms. The molecule has 0 unspecified atom stereocenters. The lowest BCUT2D eigenvalue weighted by molar-refractivity contribution is -0.138. The SMILES string of the molecule is O=C(Nc1ccc(Oc2ccc(F)cc2)nc1)C1(c2cccc(C(F)(F)F)c2)CCOCC1. The average molecular weight is 460 g/mol. The van der Waals surface area contributed by atoms with Crippen molar-refractivity contribution in [3.05, 3.63) is 83.8 Å². The highest BCUT2D eigenvalue weighted by Gasteiger charge is 2.43. The molecule has 0 saturated carbocycles. The number of nitrogens with one attached hydrogen (secondary N) is 1. The smallest absolute Gasteiger partial charge is 0.416 e. The monoisotopic (exact) mass is 460 g/mol. The Morgan fingerprint density at radius 2 is 1.76 bits per heavy atom. The van der Waals surface area contributed by atoms with E-state index in [0.29, 0.717) is 17.0 Å². The van der Waals surface area contributed by atoms with Gasteiger partial charge in [0.25, 0.3) is 0 Å².